The van der Waals surface area contributed by atoms with Crippen molar-refractivity contribution in [2.24, 2.45) is 28.6 Å². The summed E-state index contributed by atoms with van der Waals surface area (Å²) >= 11 is 0. The van der Waals surface area contributed by atoms with Gasteiger partial charge in [-0.05, 0) is 48.9 Å². The molecule has 0 aliphatic heterocycles. The number of ketones is 1. The number of carbonyl (C=O) groups is 1. The minimum absolute atomic E-state index is 0. The molecule has 0 heterocycles. The van der Waals surface area contributed by atoms with Crippen LogP contribution in [0.3, 0.4) is 0 Å². The average Bonchev–Trinajstić information content (AvgIpc) is 2.74. The fourth-order valence-electron chi connectivity index (χ4n) is 6.25. The first-order chi connectivity index (χ1) is 9.56. The van der Waals surface area contributed by atoms with E-state index in [1.165, 1.54) is 38.5 Å². The third-order valence-corrected chi connectivity index (χ3v) is 7.57. The predicted molar refractivity (Wildman–Crippen MR) is 81.0 cm³/mol. The van der Waals surface area contributed by atoms with Gasteiger partial charge in [0.15, 0.2) is 0 Å². The van der Waals surface area contributed by atoms with Crippen LogP contribution in [0.25, 0.3) is 0 Å². The van der Waals surface area contributed by atoms with Crippen molar-refractivity contribution in [1.29, 1.82) is 0 Å². The number of hydrogen-bond donors (Lipinski definition) is 0. The van der Waals surface area contributed by atoms with Crippen LogP contribution in [0.1, 0.15) is 65.2 Å². The molecule has 0 N–H and O–H groups in total. The van der Waals surface area contributed by atoms with Crippen LogP contribution in [-0.2, 0) is 25.9 Å². The Hall–Kier alpha value is 0.0983. The Morgan fingerprint density at radius 3 is 2.71 bits per heavy atom. The van der Waals surface area contributed by atoms with Gasteiger partial charge in [-0.2, -0.15) is 12.8 Å². The van der Waals surface area contributed by atoms with Gasteiger partial charge < -0.3 is 6.42 Å². The summed E-state index contributed by atoms with van der Waals surface area (Å²) in [5.41, 5.74) is 2.20. The Balaban J connectivity index is 0.00000132. The molecule has 3 saturated carbocycles. The van der Waals surface area contributed by atoms with Crippen molar-refractivity contribution in [2.75, 3.05) is 0 Å². The van der Waals surface area contributed by atoms with Gasteiger partial charge in [0, 0.05) is 32.9 Å². The Kier molecular flexibility index (Phi) is 4.05. The molecule has 0 amide bonds. The minimum Gasteiger partial charge on any atom is -0.325 e. The van der Waals surface area contributed by atoms with E-state index in [9.17, 15) is 4.79 Å². The molecule has 0 aromatic rings. The summed E-state index contributed by atoms with van der Waals surface area (Å²) in [6.45, 7) is 4.81. The van der Waals surface area contributed by atoms with Crippen molar-refractivity contribution < 1.29 is 25.9 Å². The molecule has 0 bridgehead atoms. The van der Waals surface area contributed by atoms with Gasteiger partial charge in [0.05, 0.1) is 0 Å². The predicted octanol–water partition coefficient (Wildman–Crippen LogP) is 4.72. The van der Waals surface area contributed by atoms with Gasteiger partial charge in [0.2, 0.25) is 0 Å². The molecule has 2 heteroatoms. The second-order valence-corrected chi connectivity index (χ2v) is 8.21. The Labute approximate surface area is 143 Å². The molecule has 116 valence electrons. The fraction of sp³-hybridized carbons (Fsp3) is 0.789. The van der Waals surface area contributed by atoms with Gasteiger partial charge in [-0.3, -0.25) is 4.79 Å². The second-order valence-electron chi connectivity index (χ2n) is 8.21. The number of Topliss-reactive ketones (excluding diaryl/α,β-unsaturated/α-hetero) is 1. The zero-order chi connectivity index (χ0) is 14.0. The SMILES string of the molecule is C[C@]12CC[CH-]CC1=CCC1C2CC[C@]2(C)C(=O)CCC12.[Mo]. The van der Waals surface area contributed by atoms with Crippen LogP contribution < -0.4 is 0 Å². The van der Waals surface area contributed by atoms with E-state index in [2.05, 4.69) is 26.3 Å². The fourth-order valence-corrected chi connectivity index (χ4v) is 6.25. The monoisotopic (exact) mass is 369 g/mol. The van der Waals surface area contributed by atoms with Gasteiger partial charge in [-0.15, -0.1) is 0 Å². The molecule has 1 nitrogen and oxygen atoms in total. The summed E-state index contributed by atoms with van der Waals surface area (Å²) in [6.07, 6.45) is 14.6. The molecule has 0 radical (unpaired) electrons. The average molecular weight is 367 g/mol. The van der Waals surface area contributed by atoms with Crippen molar-refractivity contribution in [1.82, 2.24) is 0 Å². The number of allylic oxidation sites excluding steroid dienone is 2. The van der Waals surface area contributed by atoms with Gasteiger partial charge >= 0.3 is 0 Å². The van der Waals surface area contributed by atoms with Crippen LogP contribution in [0, 0.1) is 35.0 Å². The second kappa shape index (κ2) is 5.33. The zero-order valence-electron chi connectivity index (χ0n) is 13.4. The van der Waals surface area contributed by atoms with E-state index in [1.54, 1.807) is 5.57 Å². The molecule has 4 aliphatic carbocycles. The molecular weight excluding hydrogens is 340 g/mol. The first-order valence-corrected chi connectivity index (χ1v) is 8.60. The van der Waals surface area contributed by atoms with Crippen LogP contribution in [0.2, 0.25) is 0 Å². The van der Waals surface area contributed by atoms with Gasteiger partial charge in [0.1, 0.15) is 5.78 Å². The Morgan fingerprint density at radius 1 is 1.14 bits per heavy atom. The maximum Gasteiger partial charge on any atom is 0.139 e. The van der Waals surface area contributed by atoms with Crippen molar-refractivity contribution in [2.45, 2.75) is 65.2 Å². The summed E-state index contributed by atoms with van der Waals surface area (Å²) < 4.78 is 0. The van der Waals surface area contributed by atoms with E-state index in [-0.39, 0.29) is 26.5 Å². The summed E-state index contributed by atoms with van der Waals surface area (Å²) in [4.78, 5) is 12.3. The molecular formula is C19H27MoO-. The van der Waals surface area contributed by atoms with Crippen molar-refractivity contribution >= 4 is 5.78 Å². The van der Waals surface area contributed by atoms with E-state index in [4.69, 9.17) is 0 Å². The van der Waals surface area contributed by atoms with E-state index in [0.29, 0.717) is 17.1 Å². The summed E-state index contributed by atoms with van der Waals surface area (Å²) in [6, 6.07) is 0. The van der Waals surface area contributed by atoms with E-state index in [1.807, 2.05) is 0 Å². The van der Waals surface area contributed by atoms with Crippen molar-refractivity contribution in [3.63, 3.8) is 0 Å². The van der Waals surface area contributed by atoms with E-state index < -0.39 is 0 Å². The maximum absolute atomic E-state index is 12.3. The number of carbonyl (C=O) groups excluding carboxylic acids is 1. The van der Waals surface area contributed by atoms with Crippen LogP contribution in [0.5, 0.6) is 0 Å². The topological polar surface area (TPSA) is 17.1 Å². The minimum atomic E-state index is 0. The quantitative estimate of drug-likeness (QED) is 0.344. The molecule has 21 heavy (non-hydrogen) atoms. The number of rotatable bonds is 0. The first-order valence-electron chi connectivity index (χ1n) is 8.60. The zero-order valence-corrected chi connectivity index (χ0v) is 15.4. The van der Waals surface area contributed by atoms with Gasteiger partial charge in [0.25, 0.3) is 0 Å². The van der Waals surface area contributed by atoms with Crippen LogP contribution in [0.4, 0.5) is 0 Å². The van der Waals surface area contributed by atoms with Crippen LogP contribution in [-0.4, -0.2) is 5.78 Å². The van der Waals surface area contributed by atoms with E-state index >= 15 is 0 Å². The molecule has 4 rings (SSSR count). The third kappa shape index (κ3) is 2.09. The standard InChI is InChI=1S/C19H27O.Mo/c1-18-11-4-3-5-13(18)6-7-14-15-8-9-17(20)19(15,2)12-10-16(14)18;/h3,6,14-16H,4-5,7-12H2,1-2H3;/q-1;/t14?,15?,16?,18-,19-;/m0./s1. The van der Waals surface area contributed by atoms with Gasteiger partial charge in [-0.25, -0.2) is 0 Å². The van der Waals surface area contributed by atoms with Crippen LogP contribution in [0.15, 0.2) is 11.6 Å². The number of hydrogen-bond acceptors (Lipinski definition) is 1. The summed E-state index contributed by atoms with van der Waals surface area (Å²) in [7, 11) is 0. The molecule has 5 atom stereocenters. The molecule has 0 spiro atoms. The van der Waals surface area contributed by atoms with E-state index in [0.717, 1.165) is 24.7 Å². The first kappa shape index (κ1) is 16.0. The molecule has 4 aliphatic rings. The normalized spacial score (nSPS) is 48.6. The van der Waals surface area contributed by atoms with Crippen molar-refractivity contribution in [3.05, 3.63) is 18.1 Å². The molecule has 0 aromatic heterocycles. The molecule has 0 aromatic carbocycles. The van der Waals surface area contributed by atoms with Crippen LogP contribution >= 0.6 is 0 Å². The third-order valence-electron chi connectivity index (χ3n) is 7.57. The summed E-state index contributed by atoms with van der Waals surface area (Å²) in [5, 5.41) is 0. The Bertz CT molecular complexity index is 482. The largest absolute Gasteiger partial charge is 0.325 e. The van der Waals surface area contributed by atoms with Crippen molar-refractivity contribution in [3.8, 4) is 0 Å². The molecule has 0 saturated heterocycles. The maximum atomic E-state index is 12.3. The molecule has 3 unspecified atom stereocenters. The number of fused-ring (bicyclic) bond motifs is 5. The summed E-state index contributed by atoms with van der Waals surface area (Å²) in [5.74, 6) is 2.87. The smallest absolute Gasteiger partial charge is 0.139 e. The molecule has 3 fully saturated rings. The van der Waals surface area contributed by atoms with Gasteiger partial charge in [-0.1, -0.05) is 31.9 Å². The Morgan fingerprint density at radius 2 is 1.90 bits per heavy atom.